The summed E-state index contributed by atoms with van der Waals surface area (Å²) in [4.78, 5) is 2.50. The van der Waals surface area contributed by atoms with Gasteiger partial charge < -0.3 is 15.3 Å². The molecule has 1 fully saturated rings. The minimum Gasteiger partial charge on any atom is -0.387 e. The third-order valence-electron chi connectivity index (χ3n) is 4.19. The van der Waals surface area contributed by atoms with Crippen LogP contribution in [0.25, 0.3) is 0 Å². The first-order valence-corrected chi connectivity index (χ1v) is 7.94. The maximum Gasteiger partial charge on any atom is 0.0928 e. The number of piperidine rings is 1. The van der Waals surface area contributed by atoms with Crippen molar-refractivity contribution in [2.45, 2.75) is 25.9 Å². The fraction of sp³-hybridized carbons (Fsp3) is 0.625. The van der Waals surface area contributed by atoms with Crippen LogP contribution in [0.3, 0.4) is 0 Å². The second-order valence-corrected chi connectivity index (χ2v) is 5.98. The zero-order chi connectivity index (χ0) is 14.4. The molecule has 1 unspecified atom stereocenters. The van der Waals surface area contributed by atoms with E-state index in [-0.39, 0.29) is 0 Å². The third kappa shape index (κ3) is 4.45. The minimum absolute atomic E-state index is 0.528. The molecule has 0 spiro atoms. The van der Waals surface area contributed by atoms with Crippen LogP contribution in [0.1, 0.15) is 31.4 Å². The van der Waals surface area contributed by atoms with Gasteiger partial charge in [-0.2, -0.15) is 0 Å². The average molecular weight is 297 g/mol. The lowest BCUT2D eigenvalue weighted by Gasteiger charge is -2.31. The highest BCUT2D eigenvalue weighted by atomic mass is 35.5. The van der Waals surface area contributed by atoms with E-state index in [1.165, 1.54) is 25.9 Å². The van der Waals surface area contributed by atoms with E-state index in [9.17, 15) is 5.11 Å². The molecule has 1 aromatic rings. The van der Waals surface area contributed by atoms with Crippen molar-refractivity contribution in [3.8, 4) is 0 Å². The van der Waals surface area contributed by atoms with Crippen LogP contribution in [0.15, 0.2) is 24.3 Å². The van der Waals surface area contributed by atoms with Gasteiger partial charge in [0.1, 0.15) is 0 Å². The largest absolute Gasteiger partial charge is 0.387 e. The van der Waals surface area contributed by atoms with Crippen LogP contribution in [-0.2, 0) is 0 Å². The smallest absolute Gasteiger partial charge is 0.0928 e. The average Bonchev–Trinajstić information content (AvgIpc) is 2.48. The number of aliphatic hydroxyl groups is 1. The van der Waals surface area contributed by atoms with Gasteiger partial charge in [0.2, 0.25) is 0 Å². The number of hydrogen-bond donors (Lipinski definition) is 2. The maximum absolute atomic E-state index is 10.2. The molecule has 1 heterocycles. The van der Waals surface area contributed by atoms with Crippen LogP contribution in [0.4, 0.5) is 0 Å². The van der Waals surface area contributed by atoms with E-state index < -0.39 is 6.10 Å². The Morgan fingerprint density at radius 1 is 1.35 bits per heavy atom. The summed E-state index contributed by atoms with van der Waals surface area (Å²) in [6.45, 7) is 7.34. The van der Waals surface area contributed by atoms with E-state index in [1.807, 2.05) is 24.3 Å². The van der Waals surface area contributed by atoms with Gasteiger partial charge in [-0.3, -0.25) is 0 Å². The molecule has 3 nitrogen and oxygen atoms in total. The van der Waals surface area contributed by atoms with E-state index in [1.54, 1.807) is 0 Å². The fourth-order valence-corrected chi connectivity index (χ4v) is 3.05. The minimum atomic E-state index is -0.528. The molecule has 0 bridgehead atoms. The third-order valence-corrected chi connectivity index (χ3v) is 4.53. The normalized spacial score (nSPS) is 19.1. The zero-order valence-corrected chi connectivity index (χ0v) is 12.9. The molecule has 112 valence electrons. The lowest BCUT2D eigenvalue weighted by molar-refractivity contribution is 0.161. The number of likely N-dealkylation sites (tertiary alicyclic amines) is 1. The molecule has 1 aliphatic rings. The lowest BCUT2D eigenvalue weighted by Crippen LogP contribution is -2.37. The number of halogens is 1. The topological polar surface area (TPSA) is 35.5 Å². The Bertz CT molecular complexity index is 405. The van der Waals surface area contributed by atoms with Gasteiger partial charge in [0, 0.05) is 17.1 Å². The van der Waals surface area contributed by atoms with Crippen molar-refractivity contribution in [2.75, 3.05) is 32.7 Å². The van der Waals surface area contributed by atoms with E-state index in [2.05, 4.69) is 17.1 Å². The second-order valence-electron chi connectivity index (χ2n) is 5.57. The molecular formula is C16H25ClN2O. The summed E-state index contributed by atoms with van der Waals surface area (Å²) in [5, 5.41) is 14.2. The molecule has 20 heavy (non-hydrogen) atoms. The summed E-state index contributed by atoms with van der Waals surface area (Å²) in [6, 6.07) is 7.49. The number of nitrogens with zero attached hydrogens (tertiary/aromatic N) is 1. The van der Waals surface area contributed by atoms with Gasteiger partial charge in [0.25, 0.3) is 0 Å². The van der Waals surface area contributed by atoms with Crippen molar-refractivity contribution < 1.29 is 5.11 Å². The monoisotopic (exact) mass is 296 g/mol. The van der Waals surface area contributed by atoms with Crippen LogP contribution >= 0.6 is 11.6 Å². The Morgan fingerprint density at radius 2 is 2.05 bits per heavy atom. The summed E-state index contributed by atoms with van der Waals surface area (Å²) in [5.41, 5.74) is 0.808. The molecule has 0 radical (unpaired) electrons. The van der Waals surface area contributed by atoms with Crippen molar-refractivity contribution in [2.24, 2.45) is 5.92 Å². The highest BCUT2D eigenvalue weighted by Crippen LogP contribution is 2.22. The maximum atomic E-state index is 10.2. The summed E-state index contributed by atoms with van der Waals surface area (Å²) >= 11 is 6.09. The molecule has 0 amide bonds. The van der Waals surface area contributed by atoms with E-state index in [0.717, 1.165) is 24.6 Å². The molecule has 1 atom stereocenters. The standard InChI is InChI=1S/C16H25ClN2O/c1-2-19-9-7-13(8-10-19)11-18-12-16(20)14-5-3-4-6-15(14)17/h3-6,13,16,18,20H,2,7-12H2,1H3. The van der Waals surface area contributed by atoms with E-state index in [4.69, 9.17) is 11.6 Å². The highest BCUT2D eigenvalue weighted by molar-refractivity contribution is 6.31. The van der Waals surface area contributed by atoms with Gasteiger partial charge in [-0.1, -0.05) is 36.7 Å². The number of benzene rings is 1. The quantitative estimate of drug-likeness (QED) is 0.847. The highest BCUT2D eigenvalue weighted by Gasteiger charge is 2.18. The predicted octanol–water partition coefficient (Wildman–Crippen LogP) is 2.69. The molecule has 2 rings (SSSR count). The number of aliphatic hydroxyl groups excluding tert-OH is 1. The summed E-state index contributed by atoms with van der Waals surface area (Å²) < 4.78 is 0. The second kappa shape index (κ2) is 7.99. The van der Waals surface area contributed by atoms with Crippen molar-refractivity contribution >= 4 is 11.6 Å². The Kier molecular flexibility index (Phi) is 6.30. The van der Waals surface area contributed by atoms with Gasteiger partial charge in [-0.05, 0) is 51.0 Å². The lowest BCUT2D eigenvalue weighted by atomic mass is 9.96. The van der Waals surface area contributed by atoms with Crippen molar-refractivity contribution in [3.05, 3.63) is 34.9 Å². The first-order valence-electron chi connectivity index (χ1n) is 7.56. The van der Waals surface area contributed by atoms with Crippen LogP contribution in [0, 0.1) is 5.92 Å². The molecule has 4 heteroatoms. The van der Waals surface area contributed by atoms with Crippen LogP contribution in [-0.4, -0.2) is 42.7 Å². The summed E-state index contributed by atoms with van der Waals surface area (Å²) in [7, 11) is 0. The number of hydrogen-bond acceptors (Lipinski definition) is 3. The van der Waals surface area contributed by atoms with Gasteiger partial charge >= 0.3 is 0 Å². The molecule has 1 aliphatic heterocycles. The van der Waals surface area contributed by atoms with Crippen LogP contribution < -0.4 is 5.32 Å². The van der Waals surface area contributed by atoms with Gasteiger partial charge in [0.05, 0.1) is 6.10 Å². The Balaban J connectivity index is 1.70. The molecule has 0 aliphatic carbocycles. The van der Waals surface area contributed by atoms with E-state index >= 15 is 0 Å². The molecule has 1 saturated heterocycles. The SMILES string of the molecule is CCN1CCC(CNCC(O)c2ccccc2Cl)CC1. The van der Waals surface area contributed by atoms with Crippen molar-refractivity contribution in [3.63, 3.8) is 0 Å². The Hall–Kier alpha value is -0.610. The first-order chi connectivity index (χ1) is 9.70. The van der Waals surface area contributed by atoms with Gasteiger partial charge in [-0.25, -0.2) is 0 Å². The molecular weight excluding hydrogens is 272 g/mol. The summed E-state index contributed by atoms with van der Waals surface area (Å²) in [6.07, 6.45) is 1.98. The van der Waals surface area contributed by atoms with Crippen LogP contribution in [0.5, 0.6) is 0 Å². The predicted molar refractivity (Wildman–Crippen MR) is 84.1 cm³/mol. The zero-order valence-electron chi connectivity index (χ0n) is 12.2. The van der Waals surface area contributed by atoms with Crippen molar-refractivity contribution in [1.29, 1.82) is 0 Å². The Labute approximate surface area is 126 Å². The molecule has 1 aromatic carbocycles. The van der Waals surface area contributed by atoms with E-state index in [0.29, 0.717) is 11.6 Å². The van der Waals surface area contributed by atoms with Crippen molar-refractivity contribution in [1.82, 2.24) is 10.2 Å². The fourth-order valence-electron chi connectivity index (χ4n) is 2.79. The van der Waals surface area contributed by atoms with Gasteiger partial charge in [0.15, 0.2) is 0 Å². The molecule has 0 aromatic heterocycles. The molecule has 0 saturated carbocycles. The first kappa shape index (κ1) is 15.8. The van der Waals surface area contributed by atoms with Gasteiger partial charge in [-0.15, -0.1) is 0 Å². The number of rotatable bonds is 6. The summed E-state index contributed by atoms with van der Waals surface area (Å²) in [5.74, 6) is 0.733. The number of nitrogens with one attached hydrogen (secondary N) is 1. The van der Waals surface area contributed by atoms with Crippen LogP contribution in [0.2, 0.25) is 5.02 Å². The molecule has 2 N–H and O–H groups in total. The Morgan fingerprint density at radius 3 is 2.70 bits per heavy atom.